The van der Waals surface area contributed by atoms with Crippen LogP contribution in [0, 0.1) is 0 Å². The molecule has 0 radical (unpaired) electrons. The van der Waals surface area contributed by atoms with Crippen molar-refractivity contribution in [2.24, 2.45) is 5.73 Å². The second-order valence-electron chi connectivity index (χ2n) is 3.77. The van der Waals surface area contributed by atoms with Crippen molar-refractivity contribution < 1.29 is 14.6 Å². The zero-order valence-electron chi connectivity index (χ0n) is 8.72. The molecule has 0 unspecified atom stereocenters. The minimum absolute atomic E-state index is 0.125. The molecule has 1 aliphatic carbocycles. The Morgan fingerprint density at radius 2 is 2.19 bits per heavy atom. The lowest BCUT2D eigenvalue weighted by Gasteiger charge is -2.11. The molecule has 0 aromatic carbocycles. The van der Waals surface area contributed by atoms with Gasteiger partial charge in [0.25, 0.3) is 5.91 Å². The van der Waals surface area contributed by atoms with Crippen molar-refractivity contribution in [1.82, 2.24) is 9.97 Å². The lowest BCUT2D eigenvalue weighted by Crippen LogP contribution is -2.17. The average Bonchev–Trinajstić information content (AvgIpc) is 2.73. The fourth-order valence-corrected chi connectivity index (χ4v) is 1.77. The number of nitrogens with two attached hydrogens (primary N) is 1. The summed E-state index contributed by atoms with van der Waals surface area (Å²) in [5.41, 5.74) is 4.78. The second-order valence-corrected chi connectivity index (χ2v) is 3.77. The number of ether oxygens (including phenoxy) is 1. The number of hydrogen-bond donors (Lipinski definition) is 2. The quantitative estimate of drug-likeness (QED) is 0.781. The van der Waals surface area contributed by atoms with Gasteiger partial charge in [0, 0.05) is 0 Å². The molecule has 6 nitrogen and oxygen atoms in total. The highest BCUT2D eigenvalue weighted by Crippen LogP contribution is 2.23. The van der Waals surface area contributed by atoms with Crippen LogP contribution in [0.15, 0.2) is 6.20 Å². The van der Waals surface area contributed by atoms with Crippen LogP contribution >= 0.6 is 0 Å². The van der Waals surface area contributed by atoms with Crippen molar-refractivity contribution in [2.75, 3.05) is 0 Å². The number of aromatic hydroxyl groups is 1. The molecule has 1 heterocycles. The largest absolute Gasteiger partial charge is 0.492 e. The number of nitrogens with zero attached hydrogens (tertiary/aromatic N) is 2. The maximum Gasteiger partial charge on any atom is 0.273 e. The van der Waals surface area contributed by atoms with Crippen LogP contribution in [0.25, 0.3) is 0 Å². The first-order valence-electron chi connectivity index (χ1n) is 5.19. The second kappa shape index (κ2) is 4.34. The summed E-state index contributed by atoms with van der Waals surface area (Å²) >= 11 is 0. The molecule has 0 aliphatic heterocycles. The lowest BCUT2D eigenvalue weighted by atomic mass is 10.3. The fourth-order valence-electron chi connectivity index (χ4n) is 1.77. The van der Waals surface area contributed by atoms with E-state index in [1.54, 1.807) is 0 Å². The van der Waals surface area contributed by atoms with E-state index in [0.717, 1.165) is 25.7 Å². The summed E-state index contributed by atoms with van der Waals surface area (Å²) in [7, 11) is 0. The molecule has 1 aliphatic rings. The van der Waals surface area contributed by atoms with Crippen LogP contribution in [-0.4, -0.2) is 27.1 Å². The molecule has 1 fully saturated rings. The molecule has 0 spiro atoms. The van der Waals surface area contributed by atoms with E-state index in [9.17, 15) is 9.90 Å². The van der Waals surface area contributed by atoms with Gasteiger partial charge >= 0.3 is 0 Å². The Morgan fingerprint density at radius 3 is 2.81 bits per heavy atom. The Hall–Kier alpha value is -1.85. The highest BCUT2D eigenvalue weighted by Gasteiger charge is 2.19. The molecule has 3 N–H and O–H groups in total. The van der Waals surface area contributed by atoms with Crippen LogP contribution in [0.1, 0.15) is 36.2 Å². The monoisotopic (exact) mass is 223 g/mol. The van der Waals surface area contributed by atoms with Crippen LogP contribution in [0.5, 0.6) is 11.8 Å². The zero-order valence-corrected chi connectivity index (χ0v) is 8.72. The molecule has 6 heteroatoms. The Labute approximate surface area is 92.5 Å². The number of hydrogen-bond acceptors (Lipinski definition) is 5. The molecular weight excluding hydrogens is 210 g/mol. The van der Waals surface area contributed by atoms with Crippen molar-refractivity contribution in [1.29, 1.82) is 0 Å². The third-order valence-corrected chi connectivity index (χ3v) is 2.55. The van der Waals surface area contributed by atoms with E-state index in [1.807, 2.05) is 0 Å². The van der Waals surface area contributed by atoms with Gasteiger partial charge in [0.2, 0.25) is 11.8 Å². The van der Waals surface area contributed by atoms with Gasteiger partial charge in [0.05, 0.1) is 6.20 Å². The lowest BCUT2D eigenvalue weighted by molar-refractivity contribution is 0.0989. The van der Waals surface area contributed by atoms with E-state index >= 15 is 0 Å². The predicted octanol–water partition coefficient (Wildman–Crippen LogP) is 0.602. The normalized spacial score (nSPS) is 16.2. The van der Waals surface area contributed by atoms with Crippen molar-refractivity contribution in [3.8, 4) is 11.8 Å². The molecule has 0 atom stereocenters. The van der Waals surface area contributed by atoms with Crippen molar-refractivity contribution in [3.05, 3.63) is 11.9 Å². The van der Waals surface area contributed by atoms with E-state index in [4.69, 9.17) is 10.5 Å². The van der Waals surface area contributed by atoms with Gasteiger partial charge in [-0.1, -0.05) is 0 Å². The van der Waals surface area contributed by atoms with Gasteiger partial charge in [-0.2, -0.15) is 0 Å². The number of carbonyl (C=O) groups excluding carboxylic acids is 1. The van der Waals surface area contributed by atoms with Gasteiger partial charge in [-0.05, 0) is 25.7 Å². The molecule has 16 heavy (non-hydrogen) atoms. The third-order valence-electron chi connectivity index (χ3n) is 2.55. The summed E-state index contributed by atoms with van der Waals surface area (Å²) in [6, 6.07) is 0. The van der Waals surface area contributed by atoms with Gasteiger partial charge in [0.1, 0.15) is 6.10 Å². The average molecular weight is 223 g/mol. The Kier molecular flexibility index (Phi) is 2.89. The molecule has 1 saturated carbocycles. The van der Waals surface area contributed by atoms with Crippen molar-refractivity contribution in [3.63, 3.8) is 0 Å². The molecule has 1 amide bonds. The molecule has 1 aromatic heterocycles. The van der Waals surface area contributed by atoms with E-state index in [0.29, 0.717) is 0 Å². The molecule has 0 saturated heterocycles. The number of aromatic nitrogens is 2. The van der Waals surface area contributed by atoms with Crippen LogP contribution in [0.2, 0.25) is 0 Å². The molecule has 0 bridgehead atoms. The SMILES string of the molecule is NC(=O)c1nc(OC2CCCC2)cnc1O. The van der Waals surface area contributed by atoms with E-state index in [1.165, 1.54) is 6.20 Å². The van der Waals surface area contributed by atoms with Gasteiger partial charge in [0.15, 0.2) is 5.69 Å². The number of amides is 1. The Morgan fingerprint density at radius 1 is 1.50 bits per heavy atom. The third kappa shape index (κ3) is 2.21. The minimum Gasteiger partial charge on any atom is -0.492 e. The predicted molar refractivity (Wildman–Crippen MR) is 55.1 cm³/mol. The maximum atomic E-state index is 10.9. The van der Waals surface area contributed by atoms with Crippen LogP contribution in [0.3, 0.4) is 0 Å². The van der Waals surface area contributed by atoms with Gasteiger partial charge in [-0.25, -0.2) is 9.97 Å². The topological polar surface area (TPSA) is 98.3 Å². The first kappa shape index (κ1) is 10.7. The van der Waals surface area contributed by atoms with E-state index in [-0.39, 0.29) is 17.7 Å². The van der Waals surface area contributed by atoms with Gasteiger partial charge in [-0.15, -0.1) is 0 Å². The van der Waals surface area contributed by atoms with Crippen molar-refractivity contribution >= 4 is 5.91 Å². The maximum absolute atomic E-state index is 10.9. The summed E-state index contributed by atoms with van der Waals surface area (Å²) in [5.74, 6) is -1.05. The zero-order chi connectivity index (χ0) is 11.5. The summed E-state index contributed by atoms with van der Waals surface area (Å²) in [5, 5.41) is 9.24. The van der Waals surface area contributed by atoms with Gasteiger partial charge in [-0.3, -0.25) is 4.79 Å². The van der Waals surface area contributed by atoms with Crippen LogP contribution in [-0.2, 0) is 0 Å². The summed E-state index contributed by atoms with van der Waals surface area (Å²) in [6.45, 7) is 0. The number of primary amides is 1. The van der Waals surface area contributed by atoms with E-state index < -0.39 is 11.8 Å². The Balaban J connectivity index is 2.15. The smallest absolute Gasteiger partial charge is 0.273 e. The molecule has 2 rings (SSSR count). The molecule has 86 valence electrons. The van der Waals surface area contributed by atoms with Gasteiger partial charge < -0.3 is 15.6 Å². The summed E-state index contributed by atoms with van der Waals surface area (Å²) in [6.07, 6.45) is 5.65. The molecule has 1 aromatic rings. The number of rotatable bonds is 3. The fraction of sp³-hybridized carbons (Fsp3) is 0.500. The molecular formula is C10H13N3O3. The first-order valence-corrected chi connectivity index (χ1v) is 5.19. The first-order chi connectivity index (χ1) is 7.66. The summed E-state index contributed by atoms with van der Waals surface area (Å²) < 4.78 is 5.53. The van der Waals surface area contributed by atoms with Crippen LogP contribution < -0.4 is 10.5 Å². The minimum atomic E-state index is -0.818. The Bertz CT molecular complexity index is 402. The van der Waals surface area contributed by atoms with E-state index in [2.05, 4.69) is 9.97 Å². The van der Waals surface area contributed by atoms with Crippen molar-refractivity contribution in [2.45, 2.75) is 31.8 Å². The van der Waals surface area contributed by atoms with Crippen LogP contribution in [0.4, 0.5) is 0 Å². The number of carbonyl (C=O) groups is 1. The summed E-state index contributed by atoms with van der Waals surface area (Å²) in [4.78, 5) is 18.4. The highest BCUT2D eigenvalue weighted by atomic mass is 16.5. The standard InChI is InChI=1S/C10H13N3O3/c11-9(14)8-10(15)12-5-7(13-8)16-6-3-1-2-4-6/h5-6H,1-4H2,(H2,11,14)(H,12,15). The highest BCUT2D eigenvalue weighted by molar-refractivity contribution is 5.92.